The van der Waals surface area contributed by atoms with Crippen LogP contribution >= 0.6 is 11.8 Å². The van der Waals surface area contributed by atoms with Crippen molar-refractivity contribution in [2.24, 2.45) is 0 Å². The van der Waals surface area contributed by atoms with Gasteiger partial charge in [0.05, 0.1) is 22.4 Å². The van der Waals surface area contributed by atoms with E-state index >= 15 is 0 Å². The fraction of sp³-hybridized carbons (Fsp3) is 0.240. The summed E-state index contributed by atoms with van der Waals surface area (Å²) in [6.45, 7) is 0.898. The van der Waals surface area contributed by atoms with Crippen LogP contribution in [0.5, 0.6) is 0 Å². The zero-order chi connectivity index (χ0) is 21.6. The van der Waals surface area contributed by atoms with Crippen molar-refractivity contribution < 1.29 is 27.0 Å². The third-order valence-electron chi connectivity index (χ3n) is 5.36. The minimum absolute atomic E-state index is 0. The van der Waals surface area contributed by atoms with E-state index in [0.29, 0.717) is 19.5 Å². The molecule has 2 aromatic carbocycles. The Balaban J connectivity index is 0.00000289. The maximum atomic E-state index is 12.2. The molecule has 32 heavy (non-hydrogen) atoms. The molecule has 0 bridgehead atoms. The van der Waals surface area contributed by atoms with Gasteiger partial charge in [0.25, 0.3) is 0 Å². The summed E-state index contributed by atoms with van der Waals surface area (Å²) in [5.74, 6) is -0.0281. The Bertz CT molecular complexity index is 1120. The SMILES string of the molecule is CSCC[C@@H](C(=O)O)N(Cc1ccc2ccccc2n1)Cc1ccc2ccccc2n1.[Cu+]. The maximum Gasteiger partial charge on any atom is 1.00 e. The standard InChI is InChI=1S/C25H25N3O2S.Cu/c1-31-15-14-24(25(29)30)28(16-20-12-10-18-6-2-4-8-22(18)26-20)17-21-13-11-19-7-3-5-9-23(19)27-21;/h2-13,24H,14-17H2,1H3,(H,29,30);/q;+1/t24-;/m0./s1. The van der Waals surface area contributed by atoms with Crippen molar-refractivity contribution in [2.45, 2.75) is 25.6 Å². The zero-order valence-electron chi connectivity index (χ0n) is 17.7. The van der Waals surface area contributed by atoms with Gasteiger partial charge in [-0.05, 0) is 42.7 Å². The maximum absolute atomic E-state index is 12.2. The molecule has 0 unspecified atom stereocenters. The van der Waals surface area contributed by atoms with Crippen LogP contribution in [0.15, 0.2) is 72.8 Å². The van der Waals surface area contributed by atoms with Crippen LogP contribution in [0, 0.1) is 0 Å². The molecular weight excluding hydrogens is 470 g/mol. The van der Waals surface area contributed by atoms with Crippen LogP contribution < -0.4 is 0 Å². The average molecular weight is 495 g/mol. The number of aliphatic carboxylic acids is 1. The normalized spacial score (nSPS) is 12.1. The second-order valence-corrected chi connectivity index (χ2v) is 8.52. The van der Waals surface area contributed by atoms with E-state index in [1.165, 1.54) is 0 Å². The first-order valence-electron chi connectivity index (χ1n) is 10.3. The number of benzene rings is 2. The van der Waals surface area contributed by atoms with Gasteiger partial charge in [-0.15, -0.1) is 0 Å². The van der Waals surface area contributed by atoms with E-state index in [0.717, 1.165) is 38.9 Å². The number of thioether (sulfide) groups is 1. The van der Waals surface area contributed by atoms with Gasteiger partial charge >= 0.3 is 23.0 Å². The van der Waals surface area contributed by atoms with Crippen LogP contribution in [0.1, 0.15) is 17.8 Å². The second-order valence-electron chi connectivity index (χ2n) is 7.53. The molecule has 0 saturated heterocycles. The molecule has 0 aliphatic carbocycles. The van der Waals surface area contributed by atoms with Gasteiger partial charge in [-0.3, -0.25) is 19.7 Å². The molecule has 0 aliphatic rings. The van der Waals surface area contributed by atoms with Gasteiger partial charge < -0.3 is 5.11 Å². The van der Waals surface area contributed by atoms with E-state index in [-0.39, 0.29) is 17.1 Å². The molecule has 1 atom stereocenters. The van der Waals surface area contributed by atoms with E-state index in [1.807, 2.05) is 84.0 Å². The number of hydrogen-bond donors (Lipinski definition) is 1. The number of carbonyl (C=O) groups is 1. The van der Waals surface area contributed by atoms with E-state index in [2.05, 4.69) is 0 Å². The van der Waals surface area contributed by atoms with Crippen molar-refractivity contribution in [1.29, 1.82) is 0 Å². The summed E-state index contributed by atoms with van der Waals surface area (Å²) in [6, 6.07) is 23.4. The fourth-order valence-electron chi connectivity index (χ4n) is 3.78. The molecule has 0 radical (unpaired) electrons. The van der Waals surface area contributed by atoms with Crippen LogP contribution in [0.2, 0.25) is 0 Å². The topological polar surface area (TPSA) is 66.3 Å². The van der Waals surface area contributed by atoms with Crippen molar-refractivity contribution in [2.75, 3.05) is 12.0 Å². The number of para-hydroxylation sites is 2. The van der Waals surface area contributed by atoms with E-state index < -0.39 is 12.0 Å². The Kier molecular flexibility index (Phi) is 8.65. The molecule has 0 saturated carbocycles. The summed E-state index contributed by atoms with van der Waals surface area (Å²) >= 11 is 1.66. The van der Waals surface area contributed by atoms with Gasteiger partial charge in [0.2, 0.25) is 0 Å². The van der Waals surface area contributed by atoms with Crippen LogP contribution in [0.25, 0.3) is 21.8 Å². The molecule has 7 heteroatoms. The number of pyridine rings is 2. The molecule has 2 heterocycles. The first-order chi connectivity index (χ1) is 15.1. The largest absolute Gasteiger partial charge is 1.00 e. The quantitative estimate of drug-likeness (QED) is 0.331. The monoisotopic (exact) mass is 494 g/mol. The van der Waals surface area contributed by atoms with Gasteiger partial charge in [0, 0.05) is 23.9 Å². The van der Waals surface area contributed by atoms with Crippen molar-refractivity contribution in [3.8, 4) is 0 Å². The zero-order valence-corrected chi connectivity index (χ0v) is 19.5. The number of carboxylic acids is 1. The van der Waals surface area contributed by atoms with Crippen molar-refractivity contribution in [3.05, 3.63) is 84.2 Å². The minimum Gasteiger partial charge on any atom is -0.480 e. The number of fused-ring (bicyclic) bond motifs is 2. The Morgan fingerprint density at radius 3 is 1.84 bits per heavy atom. The molecule has 4 aromatic rings. The van der Waals surface area contributed by atoms with Gasteiger partial charge in [0.1, 0.15) is 6.04 Å². The summed E-state index contributed by atoms with van der Waals surface area (Å²) in [6.07, 6.45) is 2.57. The molecule has 0 spiro atoms. The Morgan fingerprint density at radius 2 is 1.38 bits per heavy atom. The predicted octanol–water partition coefficient (Wildman–Crippen LogP) is 4.99. The molecule has 5 nitrogen and oxygen atoms in total. The molecule has 1 N–H and O–H groups in total. The van der Waals surface area contributed by atoms with Crippen molar-refractivity contribution in [1.82, 2.24) is 14.9 Å². The summed E-state index contributed by atoms with van der Waals surface area (Å²) < 4.78 is 0. The number of rotatable bonds is 9. The molecule has 168 valence electrons. The third-order valence-corrected chi connectivity index (χ3v) is 6.01. The van der Waals surface area contributed by atoms with Gasteiger partial charge in [-0.25, -0.2) is 0 Å². The van der Waals surface area contributed by atoms with Crippen LogP contribution in [0.4, 0.5) is 0 Å². The van der Waals surface area contributed by atoms with Crippen LogP contribution in [-0.2, 0) is 35.0 Å². The van der Waals surface area contributed by atoms with Crippen molar-refractivity contribution >= 4 is 39.5 Å². The first-order valence-corrected chi connectivity index (χ1v) is 11.7. The molecular formula is C25H25CuN3O2S+. The number of aromatic nitrogens is 2. The van der Waals surface area contributed by atoms with Gasteiger partial charge in [-0.1, -0.05) is 48.5 Å². The van der Waals surface area contributed by atoms with Crippen LogP contribution in [0.3, 0.4) is 0 Å². The second kappa shape index (κ2) is 11.4. The molecule has 0 fully saturated rings. The Labute approximate surface area is 202 Å². The fourth-order valence-corrected chi connectivity index (χ4v) is 4.24. The average Bonchev–Trinajstić information content (AvgIpc) is 2.79. The Morgan fingerprint density at radius 1 is 0.875 bits per heavy atom. The van der Waals surface area contributed by atoms with E-state index in [9.17, 15) is 9.90 Å². The molecule has 4 rings (SSSR count). The summed E-state index contributed by atoms with van der Waals surface area (Å²) in [5, 5.41) is 12.1. The first kappa shape index (κ1) is 24.2. The number of hydrogen-bond acceptors (Lipinski definition) is 5. The van der Waals surface area contributed by atoms with Crippen LogP contribution in [-0.4, -0.2) is 44.0 Å². The van der Waals surface area contributed by atoms with Crippen molar-refractivity contribution in [3.63, 3.8) is 0 Å². The van der Waals surface area contributed by atoms with Gasteiger partial charge in [0.15, 0.2) is 0 Å². The molecule has 0 amide bonds. The minimum atomic E-state index is -0.810. The number of nitrogens with zero attached hydrogens (tertiary/aromatic N) is 3. The summed E-state index contributed by atoms with van der Waals surface area (Å²) in [7, 11) is 0. The smallest absolute Gasteiger partial charge is 0.480 e. The summed E-state index contributed by atoms with van der Waals surface area (Å²) in [5.41, 5.74) is 3.55. The number of carboxylic acid groups (broad SMARTS) is 1. The summed E-state index contributed by atoms with van der Waals surface area (Å²) in [4.78, 5) is 23.7. The van der Waals surface area contributed by atoms with E-state index in [4.69, 9.17) is 9.97 Å². The van der Waals surface area contributed by atoms with E-state index in [1.54, 1.807) is 11.8 Å². The molecule has 2 aromatic heterocycles. The third kappa shape index (κ3) is 5.87. The Hall–Kier alpha value is -2.44. The molecule has 0 aliphatic heterocycles. The predicted molar refractivity (Wildman–Crippen MR) is 127 cm³/mol. The van der Waals surface area contributed by atoms with Gasteiger partial charge in [-0.2, -0.15) is 11.8 Å².